The SMILES string of the molecule is CCC(O)C(C)c1nc(C2COc3ccccc3O2)no1. The van der Waals surface area contributed by atoms with E-state index in [-0.39, 0.29) is 5.92 Å². The zero-order chi connectivity index (χ0) is 14.8. The van der Waals surface area contributed by atoms with Gasteiger partial charge in [0.25, 0.3) is 0 Å². The number of hydrogen-bond donors (Lipinski definition) is 1. The number of ether oxygens (including phenoxy) is 2. The summed E-state index contributed by atoms with van der Waals surface area (Å²) < 4.78 is 16.7. The average molecular weight is 290 g/mol. The lowest BCUT2D eigenvalue weighted by Crippen LogP contribution is -2.22. The smallest absolute Gasteiger partial charge is 0.232 e. The highest BCUT2D eigenvalue weighted by Gasteiger charge is 2.29. The topological polar surface area (TPSA) is 77.6 Å². The molecular weight excluding hydrogens is 272 g/mol. The summed E-state index contributed by atoms with van der Waals surface area (Å²) in [5.74, 6) is 2.04. The third-order valence-corrected chi connectivity index (χ3v) is 3.64. The van der Waals surface area contributed by atoms with Crippen LogP contribution in [0.1, 0.15) is 44.0 Å². The van der Waals surface area contributed by atoms with E-state index in [0.29, 0.717) is 36.2 Å². The lowest BCUT2D eigenvalue weighted by atomic mass is 10.0. The molecule has 112 valence electrons. The molecule has 21 heavy (non-hydrogen) atoms. The molecule has 1 aromatic carbocycles. The second-order valence-electron chi connectivity index (χ2n) is 5.12. The van der Waals surface area contributed by atoms with Crippen LogP contribution in [-0.4, -0.2) is 28.0 Å². The standard InChI is InChI=1S/C15H18N2O4/c1-3-10(18)9(2)15-16-14(17-21-15)13-8-19-11-6-4-5-7-12(11)20-13/h4-7,9-10,13,18H,3,8H2,1-2H3. The fraction of sp³-hybridized carbons (Fsp3) is 0.467. The maximum absolute atomic E-state index is 9.85. The van der Waals surface area contributed by atoms with Crippen LogP contribution in [0.4, 0.5) is 0 Å². The monoisotopic (exact) mass is 290 g/mol. The van der Waals surface area contributed by atoms with E-state index in [2.05, 4.69) is 10.1 Å². The fourth-order valence-electron chi connectivity index (χ4n) is 2.23. The molecule has 1 N–H and O–H groups in total. The molecular formula is C15H18N2O4. The highest BCUT2D eigenvalue weighted by atomic mass is 16.6. The number of benzene rings is 1. The molecule has 0 saturated carbocycles. The van der Waals surface area contributed by atoms with E-state index in [0.717, 1.165) is 0 Å². The number of rotatable bonds is 4. The zero-order valence-electron chi connectivity index (χ0n) is 12.0. The minimum Gasteiger partial charge on any atom is -0.485 e. The molecule has 3 rings (SSSR count). The summed E-state index contributed by atoms with van der Waals surface area (Å²) in [5.41, 5.74) is 0. The number of aromatic nitrogens is 2. The predicted molar refractivity (Wildman–Crippen MR) is 74.3 cm³/mol. The van der Waals surface area contributed by atoms with Crippen molar-refractivity contribution in [1.29, 1.82) is 0 Å². The van der Waals surface area contributed by atoms with E-state index in [1.807, 2.05) is 38.1 Å². The van der Waals surface area contributed by atoms with Gasteiger partial charge in [-0.05, 0) is 18.6 Å². The lowest BCUT2D eigenvalue weighted by molar-refractivity contribution is 0.0831. The van der Waals surface area contributed by atoms with Gasteiger partial charge in [0.2, 0.25) is 11.7 Å². The van der Waals surface area contributed by atoms with Gasteiger partial charge >= 0.3 is 0 Å². The van der Waals surface area contributed by atoms with E-state index in [4.69, 9.17) is 14.0 Å². The lowest BCUT2D eigenvalue weighted by Gasteiger charge is -2.24. The summed E-state index contributed by atoms with van der Waals surface area (Å²) in [5, 5.41) is 13.8. The summed E-state index contributed by atoms with van der Waals surface area (Å²) in [6.45, 7) is 4.10. The number of nitrogens with zero attached hydrogens (tertiary/aromatic N) is 2. The highest BCUT2D eigenvalue weighted by molar-refractivity contribution is 5.40. The normalized spacial score (nSPS) is 20.0. The Bertz CT molecular complexity index is 613. The Hall–Kier alpha value is -2.08. The number of fused-ring (bicyclic) bond motifs is 1. The minimum atomic E-state index is -0.498. The summed E-state index contributed by atoms with van der Waals surface area (Å²) >= 11 is 0. The molecule has 2 aromatic rings. The van der Waals surface area contributed by atoms with Crippen LogP contribution >= 0.6 is 0 Å². The van der Waals surface area contributed by atoms with Crippen LogP contribution in [0.25, 0.3) is 0 Å². The maximum atomic E-state index is 9.85. The molecule has 6 heteroatoms. The molecule has 0 amide bonds. The van der Waals surface area contributed by atoms with Crippen LogP contribution in [-0.2, 0) is 0 Å². The largest absolute Gasteiger partial charge is 0.485 e. The molecule has 3 atom stereocenters. The van der Waals surface area contributed by atoms with Crippen LogP contribution in [0.15, 0.2) is 28.8 Å². The van der Waals surface area contributed by atoms with Gasteiger partial charge in [0.05, 0.1) is 12.0 Å². The highest BCUT2D eigenvalue weighted by Crippen LogP contribution is 2.35. The van der Waals surface area contributed by atoms with Gasteiger partial charge in [0, 0.05) is 0 Å². The maximum Gasteiger partial charge on any atom is 0.232 e. The predicted octanol–water partition coefficient (Wildman–Crippen LogP) is 2.46. The Labute approximate surface area is 122 Å². The van der Waals surface area contributed by atoms with Gasteiger partial charge in [-0.1, -0.05) is 31.1 Å². The number of hydrogen-bond acceptors (Lipinski definition) is 6. The first kappa shape index (κ1) is 13.9. The third-order valence-electron chi connectivity index (χ3n) is 3.64. The van der Waals surface area contributed by atoms with Gasteiger partial charge in [0.15, 0.2) is 17.6 Å². The van der Waals surface area contributed by atoms with Crippen molar-refractivity contribution in [2.24, 2.45) is 0 Å². The van der Waals surface area contributed by atoms with Gasteiger partial charge in [-0.3, -0.25) is 0 Å². The van der Waals surface area contributed by atoms with Crippen molar-refractivity contribution in [2.75, 3.05) is 6.61 Å². The fourth-order valence-corrected chi connectivity index (χ4v) is 2.23. The van der Waals surface area contributed by atoms with Gasteiger partial charge < -0.3 is 19.1 Å². The molecule has 1 aliphatic heterocycles. The first-order valence-corrected chi connectivity index (χ1v) is 7.09. The summed E-state index contributed by atoms with van der Waals surface area (Å²) in [4.78, 5) is 4.33. The van der Waals surface area contributed by atoms with Crippen molar-refractivity contribution < 1.29 is 19.1 Å². The summed E-state index contributed by atoms with van der Waals surface area (Å²) in [7, 11) is 0. The Balaban J connectivity index is 1.76. The Morgan fingerprint density at radius 2 is 2.10 bits per heavy atom. The molecule has 1 aliphatic rings. The van der Waals surface area contributed by atoms with Crippen molar-refractivity contribution in [1.82, 2.24) is 10.1 Å². The van der Waals surface area contributed by atoms with Crippen molar-refractivity contribution in [3.05, 3.63) is 36.0 Å². The first-order valence-electron chi connectivity index (χ1n) is 7.09. The van der Waals surface area contributed by atoms with Crippen molar-refractivity contribution in [3.8, 4) is 11.5 Å². The average Bonchev–Trinajstić information content (AvgIpc) is 3.02. The van der Waals surface area contributed by atoms with Crippen molar-refractivity contribution >= 4 is 0 Å². The van der Waals surface area contributed by atoms with E-state index < -0.39 is 12.2 Å². The van der Waals surface area contributed by atoms with Gasteiger partial charge in [-0.15, -0.1) is 0 Å². The van der Waals surface area contributed by atoms with Crippen LogP contribution in [0.2, 0.25) is 0 Å². The number of para-hydroxylation sites is 2. The second kappa shape index (κ2) is 5.73. The van der Waals surface area contributed by atoms with Gasteiger partial charge in [-0.2, -0.15) is 4.98 Å². The molecule has 6 nitrogen and oxygen atoms in total. The number of aliphatic hydroxyl groups is 1. The third kappa shape index (κ3) is 2.71. The van der Waals surface area contributed by atoms with E-state index in [1.54, 1.807) is 0 Å². The second-order valence-corrected chi connectivity index (χ2v) is 5.12. The van der Waals surface area contributed by atoms with Crippen LogP contribution < -0.4 is 9.47 Å². The Kier molecular flexibility index (Phi) is 3.79. The van der Waals surface area contributed by atoms with E-state index in [9.17, 15) is 5.11 Å². The van der Waals surface area contributed by atoms with Crippen molar-refractivity contribution in [3.63, 3.8) is 0 Å². The molecule has 0 aliphatic carbocycles. The van der Waals surface area contributed by atoms with Crippen molar-refractivity contribution in [2.45, 2.75) is 38.4 Å². The molecule has 0 spiro atoms. The molecule has 0 bridgehead atoms. The van der Waals surface area contributed by atoms with Crippen LogP contribution in [0.3, 0.4) is 0 Å². The van der Waals surface area contributed by atoms with Gasteiger partial charge in [-0.25, -0.2) is 0 Å². The first-order chi connectivity index (χ1) is 10.2. The molecule has 0 fully saturated rings. The minimum absolute atomic E-state index is 0.201. The van der Waals surface area contributed by atoms with E-state index >= 15 is 0 Å². The Morgan fingerprint density at radius 1 is 1.33 bits per heavy atom. The van der Waals surface area contributed by atoms with E-state index in [1.165, 1.54) is 0 Å². The zero-order valence-corrected chi connectivity index (χ0v) is 12.0. The molecule has 2 heterocycles. The number of aliphatic hydroxyl groups excluding tert-OH is 1. The molecule has 1 aromatic heterocycles. The molecule has 0 radical (unpaired) electrons. The van der Waals surface area contributed by atoms with Crippen LogP contribution in [0.5, 0.6) is 11.5 Å². The summed E-state index contributed by atoms with van der Waals surface area (Å²) in [6.07, 6.45) is -0.263. The summed E-state index contributed by atoms with van der Waals surface area (Å²) in [6, 6.07) is 7.47. The van der Waals surface area contributed by atoms with Gasteiger partial charge in [0.1, 0.15) is 6.61 Å². The molecule has 0 saturated heterocycles. The quantitative estimate of drug-likeness (QED) is 0.932. The van der Waals surface area contributed by atoms with Crippen LogP contribution in [0, 0.1) is 0 Å². The molecule has 3 unspecified atom stereocenters. The Morgan fingerprint density at radius 3 is 2.86 bits per heavy atom.